The van der Waals surface area contributed by atoms with E-state index in [2.05, 4.69) is 11.9 Å². The molecule has 0 saturated heterocycles. The standard InChI is InChI=1S/C22H25ClN2O3/c1-4-5-6-9-28-18-8-7-16(19(23)12-18)13-25-15(3)24-21-14(2)10-17(22(26)27)11-20(21)25/h7-8,10-12H,4-6,9,13H2,1-3H3,(H,26,27). The van der Waals surface area contributed by atoms with Crippen molar-refractivity contribution >= 4 is 28.6 Å². The molecule has 6 heteroatoms. The molecule has 0 spiro atoms. The normalized spacial score (nSPS) is 11.1. The average molecular weight is 401 g/mol. The first-order chi connectivity index (χ1) is 13.4. The lowest BCUT2D eigenvalue weighted by molar-refractivity contribution is 0.0697. The molecule has 5 nitrogen and oxygen atoms in total. The van der Waals surface area contributed by atoms with Gasteiger partial charge in [0.25, 0.3) is 0 Å². The number of aromatic carboxylic acids is 1. The van der Waals surface area contributed by atoms with Crippen LogP contribution in [0, 0.1) is 13.8 Å². The van der Waals surface area contributed by atoms with Crippen LogP contribution in [0.15, 0.2) is 30.3 Å². The Kier molecular flexibility index (Phi) is 6.25. The molecule has 3 rings (SSSR count). The van der Waals surface area contributed by atoms with E-state index in [4.69, 9.17) is 16.3 Å². The molecule has 0 aliphatic rings. The SMILES string of the molecule is CCCCCOc1ccc(Cn2c(C)nc3c(C)cc(C(=O)O)cc32)c(Cl)c1. The van der Waals surface area contributed by atoms with E-state index < -0.39 is 5.97 Å². The molecule has 0 aliphatic heterocycles. The first-order valence-electron chi connectivity index (χ1n) is 9.52. The molecule has 1 heterocycles. The third kappa shape index (κ3) is 4.30. The number of aromatic nitrogens is 2. The van der Waals surface area contributed by atoms with Gasteiger partial charge in [-0.05, 0) is 55.7 Å². The molecule has 3 aromatic rings. The molecule has 0 aliphatic carbocycles. The van der Waals surface area contributed by atoms with Gasteiger partial charge in [-0.15, -0.1) is 0 Å². The summed E-state index contributed by atoms with van der Waals surface area (Å²) in [4.78, 5) is 16.0. The first kappa shape index (κ1) is 20.2. The summed E-state index contributed by atoms with van der Waals surface area (Å²) in [6.07, 6.45) is 3.34. The maximum Gasteiger partial charge on any atom is 0.335 e. The Morgan fingerprint density at radius 1 is 1.21 bits per heavy atom. The molecule has 1 aromatic heterocycles. The minimum atomic E-state index is -0.946. The van der Waals surface area contributed by atoms with E-state index in [0.717, 1.165) is 53.0 Å². The van der Waals surface area contributed by atoms with Crippen LogP contribution in [0.2, 0.25) is 5.02 Å². The van der Waals surface area contributed by atoms with E-state index in [1.165, 1.54) is 0 Å². The summed E-state index contributed by atoms with van der Waals surface area (Å²) in [6.45, 7) is 7.16. The van der Waals surface area contributed by atoms with E-state index in [9.17, 15) is 9.90 Å². The molecule has 0 fully saturated rings. The Morgan fingerprint density at radius 2 is 2.00 bits per heavy atom. The first-order valence-corrected chi connectivity index (χ1v) is 9.90. The molecule has 0 bridgehead atoms. The fraction of sp³-hybridized carbons (Fsp3) is 0.364. The van der Waals surface area contributed by atoms with Crippen LogP contribution in [-0.4, -0.2) is 27.2 Å². The minimum absolute atomic E-state index is 0.257. The predicted octanol–water partition coefficient (Wildman–Crippen LogP) is 5.62. The lowest BCUT2D eigenvalue weighted by Gasteiger charge is -2.12. The Hall–Kier alpha value is -2.53. The van der Waals surface area contributed by atoms with Crippen LogP contribution < -0.4 is 4.74 Å². The van der Waals surface area contributed by atoms with Crippen molar-refractivity contribution in [2.24, 2.45) is 0 Å². The molecule has 0 amide bonds. The largest absolute Gasteiger partial charge is 0.494 e. The van der Waals surface area contributed by atoms with E-state index >= 15 is 0 Å². The fourth-order valence-corrected chi connectivity index (χ4v) is 3.52. The van der Waals surface area contributed by atoms with E-state index in [1.54, 1.807) is 12.1 Å². The van der Waals surface area contributed by atoms with Crippen molar-refractivity contribution in [2.75, 3.05) is 6.61 Å². The summed E-state index contributed by atoms with van der Waals surface area (Å²) in [6, 6.07) is 9.04. The molecular formula is C22H25ClN2O3. The van der Waals surface area contributed by atoms with Crippen LogP contribution in [0.25, 0.3) is 11.0 Å². The molecule has 0 atom stereocenters. The molecule has 148 valence electrons. The highest BCUT2D eigenvalue weighted by atomic mass is 35.5. The lowest BCUT2D eigenvalue weighted by atomic mass is 10.1. The highest BCUT2D eigenvalue weighted by molar-refractivity contribution is 6.31. The predicted molar refractivity (Wildman–Crippen MR) is 112 cm³/mol. The smallest absolute Gasteiger partial charge is 0.335 e. The molecule has 0 radical (unpaired) electrons. The third-order valence-electron chi connectivity index (χ3n) is 4.85. The Morgan fingerprint density at radius 3 is 2.68 bits per heavy atom. The summed E-state index contributed by atoms with van der Waals surface area (Å²) < 4.78 is 7.76. The summed E-state index contributed by atoms with van der Waals surface area (Å²) >= 11 is 6.50. The van der Waals surface area contributed by atoms with Gasteiger partial charge in [0.15, 0.2) is 0 Å². The van der Waals surface area contributed by atoms with E-state index in [0.29, 0.717) is 18.2 Å². The van der Waals surface area contributed by atoms with Crippen molar-refractivity contribution < 1.29 is 14.6 Å². The number of rotatable bonds is 8. The number of ether oxygens (including phenoxy) is 1. The number of carbonyl (C=O) groups is 1. The number of hydrogen-bond acceptors (Lipinski definition) is 3. The second-order valence-electron chi connectivity index (χ2n) is 7.02. The molecule has 2 aromatic carbocycles. The number of carboxylic acids is 1. The number of aryl methyl sites for hydroxylation is 2. The summed E-state index contributed by atoms with van der Waals surface area (Å²) in [7, 11) is 0. The van der Waals surface area contributed by atoms with Crippen molar-refractivity contribution in [1.82, 2.24) is 9.55 Å². The van der Waals surface area contributed by atoms with Crippen LogP contribution >= 0.6 is 11.6 Å². The monoisotopic (exact) mass is 400 g/mol. The number of hydrogen-bond donors (Lipinski definition) is 1. The summed E-state index contributed by atoms with van der Waals surface area (Å²) in [5, 5.41) is 10.00. The van der Waals surface area contributed by atoms with Crippen LogP contribution in [0.3, 0.4) is 0 Å². The van der Waals surface area contributed by atoms with Crippen molar-refractivity contribution in [1.29, 1.82) is 0 Å². The second kappa shape index (κ2) is 8.65. The van der Waals surface area contributed by atoms with Crippen LogP contribution in [0.5, 0.6) is 5.75 Å². The summed E-state index contributed by atoms with van der Waals surface area (Å²) in [5.74, 6) is 0.635. The van der Waals surface area contributed by atoms with Crippen molar-refractivity contribution in [3.63, 3.8) is 0 Å². The molecule has 0 saturated carbocycles. The van der Waals surface area contributed by atoms with Crippen molar-refractivity contribution in [3.05, 3.63) is 57.9 Å². The molecular weight excluding hydrogens is 376 g/mol. The lowest BCUT2D eigenvalue weighted by Crippen LogP contribution is -2.04. The maximum atomic E-state index is 11.4. The Bertz CT molecular complexity index is 1010. The van der Waals surface area contributed by atoms with E-state index in [-0.39, 0.29) is 5.56 Å². The van der Waals surface area contributed by atoms with Crippen molar-refractivity contribution in [2.45, 2.75) is 46.6 Å². The van der Waals surface area contributed by atoms with Gasteiger partial charge < -0.3 is 14.4 Å². The number of unbranched alkanes of at least 4 members (excludes halogenated alkanes) is 2. The van der Waals surface area contributed by atoms with Crippen LogP contribution in [0.1, 0.15) is 53.5 Å². The Balaban J connectivity index is 1.88. The van der Waals surface area contributed by atoms with Gasteiger partial charge in [0.05, 0.1) is 29.7 Å². The van der Waals surface area contributed by atoms with Gasteiger partial charge in [0.1, 0.15) is 11.6 Å². The number of imidazole rings is 1. The number of carboxylic acid groups (broad SMARTS) is 1. The van der Waals surface area contributed by atoms with Crippen LogP contribution in [-0.2, 0) is 6.54 Å². The quantitative estimate of drug-likeness (QED) is 0.498. The minimum Gasteiger partial charge on any atom is -0.494 e. The van der Waals surface area contributed by atoms with Gasteiger partial charge in [-0.2, -0.15) is 0 Å². The third-order valence-corrected chi connectivity index (χ3v) is 5.20. The average Bonchev–Trinajstić information content (AvgIpc) is 2.97. The number of benzene rings is 2. The Labute approximate surface area is 169 Å². The van der Waals surface area contributed by atoms with Crippen molar-refractivity contribution in [3.8, 4) is 5.75 Å². The molecule has 0 unspecified atom stereocenters. The highest BCUT2D eigenvalue weighted by Gasteiger charge is 2.15. The van der Waals surface area contributed by atoms with Gasteiger partial charge in [-0.25, -0.2) is 9.78 Å². The van der Waals surface area contributed by atoms with Gasteiger partial charge in [0, 0.05) is 5.02 Å². The molecule has 1 N–H and O–H groups in total. The number of fused-ring (bicyclic) bond motifs is 1. The topological polar surface area (TPSA) is 64.4 Å². The summed E-state index contributed by atoms with van der Waals surface area (Å²) in [5.41, 5.74) is 3.65. The van der Waals surface area contributed by atoms with Gasteiger partial charge in [-0.1, -0.05) is 37.4 Å². The number of halogens is 1. The fourth-order valence-electron chi connectivity index (χ4n) is 3.29. The van der Waals surface area contributed by atoms with Crippen LogP contribution in [0.4, 0.5) is 0 Å². The highest BCUT2D eigenvalue weighted by Crippen LogP contribution is 2.27. The van der Waals surface area contributed by atoms with Gasteiger partial charge in [-0.3, -0.25) is 0 Å². The molecule has 28 heavy (non-hydrogen) atoms. The zero-order valence-corrected chi connectivity index (χ0v) is 17.2. The number of nitrogens with zero attached hydrogens (tertiary/aromatic N) is 2. The van der Waals surface area contributed by atoms with Gasteiger partial charge in [0.2, 0.25) is 0 Å². The maximum absolute atomic E-state index is 11.4. The van der Waals surface area contributed by atoms with Gasteiger partial charge >= 0.3 is 5.97 Å². The zero-order chi connectivity index (χ0) is 20.3. The zero-order valence-electron chi connectivity index (χ0n) is 16.5. The second-order valence-corrected chi connectivity index (χ2v) is 7.43. The van der Waals surface area contributed by atoms with E-state index in [1.807, 2.05) is 36.6 Å².